The van der Waals surface area contributed by atoms with Crippen LogP contribution in [0.2, 0.25) is 0 Å². The van der Waals surface area contributed by atoms with Crippen molar-refractivity contribution < 1.29 is 36.3 Å². The van der Waals surface area contributed by atoms with Gasteiger partial charge < -0.3 is 27.6 Å². The minimum atomic E-state index is -0.602. The Kier molecular flexibility index (Phi) is 11.2. The van der Waals surface area contributed by atoms with Crippen LogP contribution in [0.4, 0.5) is 8.78 Å². The molecule has 0 saturated heterocycles. The molecule has 6 heteroatoms. The Morgan fingerprint density at radius 1 is 1.14 bits per heavy atom. The first kappa shape index (κ1) is 20.1. The maximum Gasteiger partial charge on any atom is 0.130 e. The molecule has 3 nitrogen and oxygen atoms in total. The molecule has 0 aromatic heterocycles. The molecule has 0 aliphatic heterocycles. The molecule has 3 N–H and O–H groups in total. The zero-order valence-electron chi connectivity index (χ0n) is 12.3. The Bertz CT molecular complexity index is 365. The smallest absolute Gasteiger partial charge is 0.130 e. The van der Waals surface area contributed by atoms with Crippen molar-refractivity contribution in [2.24, 2.45) is 0 Å². The second kappa shape index (κ2) is 11.7. The SMILES string of the molecule is CC([NH2+]CCCF)C(O)c1ccc(OCCCF)cc1.[Cl-]. The highest BCUT2D eigenvalue weighted by Gasteiger charge is 2.18. The average molecular weight is 324 g/mol. The lowest BCUT2D eigenvalue weighted by atomic mass is 10.0. The molecule has 1 aromatic rings. The Morgan fingerprint density at radius 3 is 2.33 bits per heavy atom. The van der Waals surface area contributed by atoms with Crippen LogP contribution in [0.3, 0.4) is 0 Å². The normalized spacial score (nSPS) is 13.3. The van der Waals surface area contributed by atoms with Crippen molar-refractivity contribution in [3.63, 3.8) is 0 Å². The maximum atomic E-state index is 12.0. The summed E-state index contributed by atoms with van der Waals surface area (Å²) in [5.74, 6) is 0.670. The van der Waals surface area contributed by atoms with E-state index in [1.807, 2.05) is 12.2 Å². The van der Waals surface area contributed by atoms with Gasteiger partial charge in [0.25, 0.3) is 0 Å². The number of hydrogen-bond acceptors (Lipinski definition) is 2. The predicted octanol–water partition coefficient (Wildman–Crippen LogP) is -1.23. The lowest BCUT2D eigenvalue weighted by Gasteiger charge is -2.18. The molecule has 0 radical (unpaired) electrons. The second-order valence-electron chi connectivity index (χ2n) is 4.83. The third kappa shape index (κ3) is 7.60. The Labute approximate surface area is 131 Å². The largest absolute Gasteiger partial charge is 1.00 e. The van der Waals surface area contributed by atoms with Crippen molar-refractivity contribution in [2.45, 2.75) is 31.9 Å². The Hall–Kier alpha value is -0.910. The summed E-state index contributed by atoms with van der Waals surface area (Å²) >= 11 is 0. The van der Waals surface area contributed by atoms with E-state index in [1.54, 1.807) is 24.3 Å². The molecular formula is C15H24ClF2NO2. The molecule has 0 saturated carbocycles. The summed E-state index contributed by atoms with van der Waals surface area (Å²) in [7, 11) is 0. The molecule has 0 aliphatic carbocycles. The molecule has 0 bridgehead atoms. The zero-order chi connectivity index (χ0) is 14.8. The molecule has 21 heavy (non-hydrogen) atoms. The van der Waals surface area contributed by atoms with Gasteiger partial charge in [-0.3, -0.25) is 8.78 Å². The molecule has 1 aromatic carbocycles. The minimum absolute atomic E-state index is 0. The maximum absolute atomic E-state index is 12.0. The summed E-state index contributed by atoms with van der Waals surface area (Å²) in [6.07, 6.45) is 0.276. The highest BCUT2D eigenvalue weighted by atomic mass is 35.5. The quantitative estimate of drug-likeness (QED) is 0.530. The van der Waals surface area contributed by atoms with Crippen LogP contribution in [-0.4, -0.2) is 37.6 Å². The van der Waals surface area contributed by atoms with E-state index in [-0.39, 0.29) is 31.8 Å². The van der Waals surface area contributed by atoms with Gasteiger partial charge in [-0.05, 0) is 24.6 Å². The minimum Gasteiger partial charge on any atom is -1.00 e. The number of rotatable bonds is 10. The molecule has 1 rings (SSSR count). The van der Waals surface area contributed by atoms with Gasteiger partial charge in [-0.1, -0.05) is 12.1 Å². The van der Waals surface area contributed by atoms with Crippen LogP contribution in [-0.2, 0) is 0 Å². The van der Waals surface area contributed by atoms with Crippen molar-refractivity contribution in [3.05, 3.63) is 29.8 Å². The van der Waals surface area contributed by atoms with E-state index in [9.17, 15) is 13.9 Å². The monoisotopic (exact) mass is 323 g/mol. The molecule has 0 heterocycles. The number of halogens is 3. The molecule has 0 fully saturated rings. The molecular weight excluding hydrogens is 300 g/mol. The zero-order valence-corrected chi connectivity index (χ0v) is 13.0. The third-order valence-corrected chi connectivity index (χ3v) is 3.14. The Balaban J connectivity index is 0.00000400. The average Bonchev–Trinajstić information content (AvgIpc) is 2.47. The van der Waals surface area contributed by atoms with E-state index < -0.39 is 6.10 Å². The van der Waals surface area contributed by atoms with Crippen LogP contribution in [0, 0.1) is 0 Å². The van der Waals surface area contributed by atoms with Gasteiger partial charge in [0.1, 0.15) is 17.9 Å². The van der Waals surface area contributed by atoms with Crippen LogP contribution in [0.25, 0.3) is 0 Å². The first-order valence-corrected chi connectivity index (χ1v) is 7.05. The summed E-state index contributed by atoms with van der Waals surface area (Å²) in [6.45, 7) is 2.22. The van der Waals surface area contributed by atoms with Gasteiger partial charge in [0, 0.05) is 12.8 Å². The number of hydrogen-bond donors (Lipinski definition) is 2. The van der Waals surface area contributed by atoms with Gasteiger partial charge in [-0.15, -0.1) is 0 Å². The fourth-order valence-corrected chi connectivity index (χ4v) is 1.90. The van der Waals surface area contributed by atoms with Gasteiger partial charge in [-0.2, -0.15) is 0 Å². The fraction of sp³-hybridized carbons (Fsp3) is 0.600. The standard InChI is InChI=1S/C15H23F2NO2.ClH/c1-12(18-10-2-8-16)15(19)13-4-6-14(7-5-13)20-11-3-9-17;/h4-7,12,15,18-19H,2-3,8-11H2,1H3;1H. The number of nitrogens with two attached hydrogens (primary N) is 1. The van der Waals surface area contributed by atoms with Crippen LogP contribution in [0.15, 0.2) is 24.3 Å². The van der Waals surface area contributed by atoms with Gasteiger partial charge in [0.2, 0.25) is 0 Å². The van der Waals surface area contributed by atoms with E-state index in [0.29, 0.717) is 31.7 Å². The predicted molar refractivity (Wildman–Crippen MR) is 74.3 cm³/mol. The van der Waals surface area contributed by atoms with E-state index in [0.717, 1.165) is 5.56 Å². The molecule has 0 spiro atoms. The van der Waals surface area contributed by atoms with Crippen LogP contribution >= 0.6 is 0 Å². The van der Waals surface area contributed by atoms with Crippen molar-refractivity contribution in [3.8, 4) is 5.75 Å². The first-order chi connectivity index (χ1) is 9.69. The molecule has 0 aliphatic rings. The number of aliphatic hydroxyl groups is 1. The number of quaternary nitrogens is 1. The summed E-state index contributed by atoms with van der Waals surface area (Å²) in [5, 5.41) is 12.1. The summed E-state index contributed by atoms with van der Waals surface area (Å²) in [4.78, 5) is 0. The fourth-order valence-electron chi connectivity index (χ4n) is 1.90. The molecule has 0 amide bonds. The number of aliphatic hydroxyl groups excluding tert-OH is 1. The van der Waals surface area contributed by atoms with Crippen molar-refractivity contribution in [2.75, 3.05) is 26.5 Å². The van der Waals surface area contributed by atoms with E-state index in [4.69, 9.17) is 4.74 Å². The highest BCUT2D eigenvalue weighted by Crippen LogP contribution is 2.19. The summed E-state index contributed by atoms with van der Waals surface area (Å²) < 4.78 is 29.3. The van der Waals surface area contributed by atoms with E-state index >= 15 is 0 Å². The number of ether oxygens (including phenoxy) is 1. The summed E-state index contributed by atoms with van der Waals surface area (Å²) in [6, 6.07) is 7.11. The van der Waals surface area contributed by atoms with Gasteiger partial charge in [0.05, 0.1) is 26.5 Å². The molecule has 122 valence electrons. The number of benzene rings is 1. The lowest BCUT2D eigenvalue weighted by Crippen LogP contribution is -3.00. The molecule has 2 atom stereocenters. The van der Waals surface area contributed by atoms with Crippen molar-refractivity contribution in [1.82, 2.24) is 0 Å². The third-order valence-electron chi connectivity index (χ3n) is 3.14. The topological polar surface area (TPSA) is 46.1 Å². The van der Waals surface area contributed by atoms with Gasteiger partial charge in [0.15, 0.2) is 0 Å². The van der Waals surface area contributed by atoms with Crippen LogP contribution in [0.5, 0.6) is 5.75 Å². The highest BCUT2D eigenvalue weighted by molar-refractivity contribution is 5.28. The van der Waals surface area contributed by atoms with E-state index in [1.165, 1.54) is 0 Å². The lowest BCUT2D eigenvalue weighted by molar-refractivity contribution is -0.694. The second-order valence-corrected chi connectivity index (χ2v) is 4.83. The molecule has 2 unspecified atom stereocenters. The van der Waals surface area contributed by atoms with Crippen molar-refractivity contribution >= 4 is 0 Å². The van der Waals surface area contributed by atoms with Crippen molar-refractivity contribution in [1.29, 1.82) is 0 Å². The van der Waals surface area contributed by atoms with Gasteiger partial charge in [-0.25, -0.2) is 0 Å². The van der Waals surface area contributed by atoms with Crippen LogP contribution < -0.4 is 22.5 Å². The number of alkyl halides is 2. The Morgan fingerprint density at radius 2 is 1.76 bits per heavy atom. The van der Waals surface area contributed by atoms with Gasteiger partial charge >= 0.3 is 0 Å². The van der Waals surface area contributed by atoms with E-state index in [2.05, 4.69) is 0 Å². The summed E-state index contributed by atoms with van der Waals surface area (Å²) in [5.41, 5.74) is 0.798. The first-order valence-electron chi connectivity index (χ1n) is 7.05. The van der Waals surface area contributed by atoms with Crippen LogP contribution in [0.1, 0.15) is 31.4 Å².